The molecule has 7 nitrogen and oxygen atoms in total. The van der Waals surface area contributed by atoms with Gasteiger partial charge in [0.15, 0.2) is 0 Å². The van der Waals surface area contributed by atoms with E-state index in [9.17, 15) is 13.2 Å². The highest BCUT2D eigenvalue weighted by molar-refractivity contribution is 7.89. The Hall–Kier alpha value is -1.51. The first-order valence-corrected chi connectivity index (χ1v) is 11.3. The van der Waals surface area contributed by atoms with Crippen LogP contribution in [0.5, 0.6) is 0 Å². The molecule has 0 aromatic carbocycles. The zero-order chi connectivity index (χ0) is 19.4. The van der Waals surface area contributed by atoms with E-state index >= 15 is 0 Å². The van der Waals surface area contributed by atoms with Gasteiger partial charge in [-0.3, -0.25) is 14.7 Å². The van der Waals surface area contributed by atoms with Crippen LogP contribution in [-0.4, -0.2) is 78.7 Å². The third-order valence-electron chi connectivity index (χ3n) is 5.88. The lowest BCUT2D eigenvalue weighted by atomic mass is 9.96. The summed E-state index contributed by atoms with van der Waals surface area (Å²) in [6, 6.07) is 3.65. The first-order chi connectivity index (χ1) is 13.0. The van der Waals surface area contributed by atoms with Crippen molar-refractivity contribution in [1.82, 2.24) is 19.1 Å². The second kappa shape index (κ2) is 8.67. The molecule has 1 atom stereocenters. The van der Waals surface area contributed by atoms with Crippen molar-refractivity contribution in [3.8, 4) is 0 Å². The van der Waals surface area contributed by atoms with E-state index in [0.717, 1.165) is 32.6 Å². The fraction of sp³-hybridized carbons (Fsp3) is 0.684. The molecule has 3 rings (SSSR count). The van der Waals surface area contributed by atoms with Gasteiger partial charge in [0.05, 0.1) is 0 Å². The first kappa shape index (κ1) is 20.2. The number of carbonyl (C=O) groups is 1. The fourth-order valence-electron chi connectivity index (χ4n) is 4.23. The SMILES string of the molecule is CCN(CC)C1CCN(C(=O)C2CCN(S(=O)(=O)c3cccnc3)CC2)C1. The van der Waals surface area contributed by atoms with Gasteiger partial charge in [0.25, 0.3) is 0 Å². The lowest BCUT2D eigenvalue weighted by molar-refractivity contribution is -0.135. The van der Waals surface area contributed by atoms with E-state index in [2.05, 4.69) is 23.7 Å². The summed E-state index contributed by atoms with van der Waals surface area (Å²) in [5.74, 6) is 0.129. The summed E-state index contributed by atoms with van der Waals surface area (Å²) in [6.07, 6.45) is 5.15. The lowest BCUT2D eigenvalue weighted by Crippen LogP contribution is -2.45. The topological polar surface area (TPSA) is 73.8 Å². The maximum atomic E-state index is 12.9. The van der Waals surface area contributed by atoms with Crippen molar-refractivity contribution in [1.29, 1.82) is 0 Å². The summed E-state index contributed by atoms with van der Waals surface area (Å²) in [6.45, 7) is 8.73. The van der Waals surface area contributed by atoms with Crippen LogP contribution in [0.4, 0.5) is 0 Å². The predicted molar refractivity (Wildman–Crippen MR) is 104 cm³/mol. The summed E-state index contributed by atoms with van der Waals surface area (Å²) in [5.41, 5.74) is 0. The molecule has 1 aromatic heterocycles. The van der Waals surface area contributed by atoms with Crippen LogP contribution >= 0.6 is 0 Å². The van der Waals surface area contributed by atoms with E-state index in [0.29, 0.717) is 32.0 Å². The molecule has 2 aliphatic heterocycles. The number of sulfonamides is 1. The van der Waals surface area contributed by atoms with Gasteiger partial charge in [-0.25, -0.2) is 8.42 Å². The van der Waals surface area contributed by atoms with Crippen LogP contribution in [0.25, 0.3) is 0 Å². The Labute approximate surface area is 162 Å². The molecule has 0 radical (unpaired) electrons. The fourth-order valence-corrected chi connectivity index (χ4v) is 5.66. The molecule has 150 valence electrons. The second-order valence-electron chi connectivity index (χ2n) is 7.32. The van der Waals surface area contributed by atoms with Crippen LogP contribution in [0.3, 0.4) is 0 Å². The summed E-state index contributed by atoms with van der Waals surface area (Å²) in [7, 11) is -3.52. The molecule has 27 heavy (non-hydrogen) atoms. The Morgan fingerprint density at radius 1 is 1.19 bits per heavy atom. The number of likely N-dealkylation sites (tertiary alicyclic amines) is 1. The Balaban J connectivity index is 1.56. The van der Waals surface area contributed by atoms with Gasteiger partial charge in [-0.2, -0.15) is 4.31 Å². The second-order valence-corrected chi connectivity index (χ2v) is 9.25. The van der Waals surface area contributed by atoms with E-state index in [-0.39, 0.29) is 16.7 Å². The Morgan fingerprint density at radius 2 is 1.89 bits per heavy atom. The van der Waals surface area contributed by atoms with E-state index in [1.165, 1.54) is 10.5 Å². The highest BCUT2D eigenvalue weighted by Crippen LogP contribution is 2.26. The normalized spacial score (nSPS) is 22.5. The van der Waals surface area contributed by atoms with Crippen LogP contribution in [-0.2, 0) is 14.8 Å². The third-order valence-corrected chi connectivity index (χ3v) is 7.76. The highest BCUT2D eigenvalue weighted by atomic mass is 32.2. The minimum absolute atomic E-state index is 0.0687. The molecule has 2 fully saturated rings. The average Bonchev–Trinajstić information content (AvgIpc) is 3.19. The van der Waals surface area contributed by atoms with Crippen molar-refractivity contribution in [3.05, 3.63) is 24.5 Å². The van der Waals surface area contributed by atoms with E-state index in [4.69, 9.17) is 0 Å². The van der Waals surface area contributed by atoms with Crippen LogP contribution in [0.1, 0.15) is 33.1 Å². The van der Waals surface area contributed by atoms with Gasteiger partial charge in [-0.05, 0) is 44.5 Å². The minimum Gasteiger partial charge on any atom is -0.341 e. The van der Waals surface area contributed by atoms with Crippen LogP contribution < -0.4 is 0 Å². The van der Waals surface area contributed by atoms with Gasteiger partial charge in [-0.1, -0.05) is 13.8 Å². The first-order valence-electron chi connectivity index (χ1n) is 9.90. The van der Waals surface area contributed by atoms with Gasteiger partial charge in [0.2, 0.25) is 15.9 Å². The summed E-state index contributed by atoms with van der Waals surface area (Å²) < 4.78 is 26.9. The lowest BCUT2D eigenvalue weighted by Gasteiger charge is -2.33. The van der Waals surface area contributed by atoms with Gasteiger partial charge >= 0.3 is 0 Å². The van der Waals surface area contributed by atoms with Gasteiger partial charge in [0, 0.05) is 50.5 Å². The summed E-state index contributed by atoms with van der Waals surface area (Å²) in [5, 5.41) is 0. The minimum atomic E-state index is -3.52. The summed E-state index contributed by atoms with van der Waals surface area (Å²) in [4.78, 5) is 21.4. The van der Waals surface area contributed by atoms with Gasteiger partial charge < -0.3 is 4.90 Å². The molecule has 0 saturated carbocycles. The molecule has 1 aromatic rings. The zero-order valence-corrected chi connectivity index (χ0v) is 17.1. The van der Waals surface area contributed by atoms with E-state index in [1.807, 2.05) is 4.90 Å². The number of rotatable bonds is 6. The third kappa shape index (κ3) is 4.33. The van der Waals surface area contributed by atoms with Crippen LogP contribution in [0.15, 0.2) is 29.4 Å². The number of carbonyl (C=O) groups excluding carboxylic acids is 1. The van der Waals surface area contributed by atoms with Crippen molar-refractivity contribution in [2.45, 2.75) is 44.0 Å². The molecule has 2 saturated heterocycles. The number of piperidine rings is 1. The molecular weight excluding hydrogens is 364 g/mol. The van der Waals surface area contributed by atoms with Gasteiger partial charge in [0.1, 0.15) is 4.90 Å². The number of likely N-dealkylation sites (N-methyl/N-ethyl adjacent to an activating group) is 1. The molecule has 0 bridgehead atoms. The quantitative estimate of drug-likeness (QED) is 0.730. The van der Waals surface area contributed by atoms with Crippen molar-refractivity contribution in [3.63, 3.8) is 0 Å². The molecule has 1 unspecified atom stereocenters. The number of hydrogen-bond donors (Lipinski definition) is 0. The average molecular weight is 395 g/mol. The molecule has 0 aliphatic carbocycles. The number of amides is 1. The molecule has 2 aliphatic rings. The maximum Gasteiger partial charge on any atom is 0.244 e. The van der Waals surface area contributed by atoms with E-state index < -0.39 is 10.0 Å². The Kier molecular flexibility index (Phi) is 6.49. The molecule has 0 spiro atoms. The number of nitrogens with zero attached hydrogens (tertiary/aromatic N) is 4. The van der Waals surface area contributed by atoms with Crippen molar-refractivity contribution in [2.24, 2.45) is 5.92 Å². The number of aromatic nitrogens is 1. The zero-order valence-electron chi connectivity index (χ0n) is 16.2. The molecule has 3 heterocycles. The van der Waals surface area contributed by atoms with Crippen LogP contribution in [0.2, 0.25) is 0 Å². The van der Waals surface area contributed by atoms with Crippen molar-refractivity contribution >= 4 is 15.9 Å². The van der Waals surface area contributed by atoms with Gasteiger partial charge in [-0.15, -0.1) is 0 Å². The Morgan fingerprint density at radius 3 is 2.48 bits per heavy atom. The molecular formula is C19H30N4O3S. The van der Waals surface area contributed by atoms with Crippen LogP contribution in [0, 0.1) is 5.92 Å². The van der Waals surface area contributed by atoms with Crippen molar-refractivity contribution in [2.75, 3.05) is 39.3 Å². The molecule has 1 amide bonds. The number of pyridine rings is 1. The highest BCUT2D eigenvalue weighted by Gasteiger charge is 2.36. The smallest absolute Gasteiger partial charge is 0.244 e. The summed E-state index contributed by atoms with van der Waals surface area (Å²) >= 11 is 0. The van der Waals surface area contributed by atoms with Crippen molar-refractivity contribution < 1.29 is 13.2 Å². The van der Waals surface area contributed by atoms with E-state index in [1.54, 1.807) is 18.3 Å². The predicted octanol–water partition coefficient (Wildman–Crippen LogP) is 1.42. The maximum absolute atomic E-state index is 12.9. The standard InChI is InChI=1S/C19H30N4O3S/c1-3-21(4-2)17-9-11-22(15-17)19(24)16-7-12-23(13-8-16)27(25,26)18-6-5-10-20-14-18/h5-6,10,14,16-17H,3-4,7-9,11-13,15H2,1-2H3. The molecule has 0 N–H and O–H groups in total. The number of hydrogen-bond acceptors (Lipinski definition) is 5. The Bertz CT molecular complexity index is 729. The molecule has 8 heteroatoms. The largest absolute Gasteiger partial charge is 0.341 e. The monoisotopic (exact) mass is 394 g/mol.